The summed E-state index contributed by atoms with van der Waals surface area (Å²) in [5.41, 5.74) is 2.50. The summed E-state index contributed by atoms with van der Waals surface area (Å²) in [7, 11) is -3.63. The summed E-state index contributed by atoms with van der Waals surface area (Å²) in [5, 5.41) is 0.632. The number of hydrogen-bond donors (Lipinski definition) is 1. The first kappa shape index (κ1) is 15.9. The third-order valence-electron chi connectivity index (χ3n) is 3.44. The fraction of sp³-hybridized carbons (Fsp3) is 0.133. The van der Waals surface area contributed by atoms with Crippen LogP contribution in [0.4, 0.5) is 0 Å². The highest BCUT2D eigenvalue weighted by Gasteiger charge is 2.26. The molecule has 1 aromatic carbocycles. The van der Waals surface area contributed by atoms with Crippen molar-refractivity contribution in [2.45, 2.75) is 23.6 Å². The van der Waals surface area contributed by atoms with Gasteiger partial charge in [-0.25, -0.2) is 13.4 Å². The van der Waals surface area contributed by atoms with Crippen LogP contribution < -0.4 is 0 Å². The molecule has 0 saturated carbocycles. The van der Waals surface area contributed by atoms with Crippen molar-refractivity contribution >= 4 is 59.4 Å². The van der Waals surface area contributed by atoms with E-state index in [9.17, 15) is 8.42 Å². The lowest BCUT2D eigenvalue weighted by Crippen LogP contribution is -2.04. The number of H-pyrrole nitrogens is 1. The summed E-state index contributed by atoms with van der Waals surface area (Å²) in [6.07, 6.45) is 1.52. The van der Waals surface area contributed by atoms with Gasteiger partial charge in [0.25, 0.3) is 0 Å². The number of benzene rings is 1. The van der Waals surface area contributed by atoms with Gasteiger partial charge < -0.3 is 4.98 Å². The minimum Gasteiger partial charge on any atom is -0.342 e. The lowest BCUT2D eigenvalue weighted by molar-refractivity contribution is 0.596. The quantitative estimate of drug-likeness (QED) is 0.542. The maximum atomic E-state index is 13.1. The number of halogens is 2. The Kier molecular flexibility index (Phi) is 4.07. The van der Waals surface area contributed by atoms with E-state index in [2.05, 4.69) is 48.5 Å². The zero-order valence-electron chi connectivity index (χ0n) is 11.8. The van der Waals surface area contributed by atoms with E-state index in [-0.39, 0.29) is 9.79 Å². The molecule has 3 aromatic rings. The number of aryl methyl sites for hydroxylation is 2. The van der Waals surface area contributed by atoms with Crippen LogP contribution >= 0.6 is 38.5 Å². The highest BCUT2D eigenvalue weighted by molar-refractivity contribution is 14.1. The molecule has 1 N–H and O–H groups in total. The van der Waals surface area contributed by atoms with E-state index in [1.807, 2.05) is 13.8 Å². The molecule has 0 spiro atoms. The monoisotopic (exact) mass is 490 g/mol. The molecule has 0 saturated heterocycles. The predicted octanol–water partition coefficient (Wildman–Crippen LogP) is 4.38. The van der Waals surface area contributed by atoms with Gasteiger partial charge in [-0.3, -0.25) is 0 Å². The Labute approximate surface area is 150 Å². The summed E-state index contributed by atoms with van der Waals surface area (Å²) in [6.45, 7) is 3.83. The molecule has 3 rings (SSSR count). The molecule has 0 unspecified atom stereocenters. The van der Waals surface area contributed by atoms with Gasteiger partial charge >= 0.3 is 0 Å². The maximum Gasteiger partial charge on any atom is 0.208 e. The number of rotatable bonds is 2. The lowest BCUT2D eigenvalue weighted by atomic mass is 10.2. The molecule has 0 aliphatic heterocycles. The van der Waals surface area contributed by atoms with Crippen LogP contribution in [0, 0.1) is 17.4 Å². The van der Waals surface area contributed by atoms with Crippen molar-refractivity contribution in [1.82, 2.24) is 9.97 Å². The number of nitrogens with zero attached hydrogens (tertiary/aromatic N) is 1. The summed E-state index contributed by atoms with van der Waals surface area (Å²) >= 11 is 5.50. The summed E-state index contributed by atoms with van der Waals surface area (Å²) in [6, 6.07) is 6.87. The Hall–Kier alpha value is -0.930. The van der Waals surface area contributed by atoms with Crippen molar-refractivity contribution in [3.8, 4) is 0 Å². The van der Waals surface area contributed by atoms with Crippen molar-refractivity contribution in [2.75, 3.05) is 0 Å². The van der Waals surface area contributed by atoms with Gasteiger partial charge in [0, 0.05) is 15.5 Å². The summed E-state index contributed by atoms with van der Waals surface area (Å²) in [4.78, 5) is 7.93. The smallest absolute Gasteiger partial charge is 0.208 e. The number of nitrogens with one attached hydrogen (secondary N) is 1. The molecule has 0 fully saturated rings. The first-order valence-electron chi connectivity index (χ1n) is 6.46. The zero-order valence-corrected chi connectivity index (χ0v) is 16.4. The van der Waals surface area contributed by atoms with Gasteiger partial charge in [-0.1, -0.05) is 17.7 Å². The number of pyridine rings is 1. The highest BCUT2D eigenvalue weighted by atomic mass is 127. The van der Waals surface area contributed by atoms with E-state index >= 15 is 0 Å². The van der Waals surface area contributed by atoms with E-state index in [0.717, 1.165) is 14.8 Å². The molecule has 0 radical (unpaired) electrons. The van der Waals surface area contributed by atoms with Gasteiger partial charge in [-0.05, 0) is 64.5 Å². The molecule has 0 aliphatic rings. The Morgan fingerprint density at radius 3 is 2.45 bits per heavy atom. The van der Waals surface area contributed by atoms with E-state index in [1.165, 1.54) is 6.20 Å². The molecular formula is C15H12BrIN2O2S. The Morgan fingerprint density at radius 2 is 1.82 bits per heavy atom. The minimum absolute atomic E-state index is 0.259. The third-order valence-corrected chi connectivity index (χ3v) is 7.51. The van der Waals surface area contributed by atoms with E-state index in [1.54, 1.807) is 24.3 Å². The Bertz CT molecular complexity index is 979. The number of sulfone groups is 1. The van der Waals surface area contributed by atoms with Gasteiger partial charge in [0.05, 0.1) is 19.6 Å². The van der Waals surface area contributed by atoms with Crippen LogP contribution in [0.2, 0.25) is 0 Å². The normalized spacial score (nSPS) is 12.0. The number of aromatic amines is 1. The van der Waals surface area contributed by atoms with Crippen molar-refractivity contribution in [2.24, 2.45) is 0 Å². The third kappa shape index (κ3) is 2.48. The van der Waals surface area contributed by atoms with Crippen LogP contribution in [0.1, 0.15) is 11.3 Å². The molecule has 2 aromatic heterocycles. The maximum absolute atomic E-state index is 13.1. The van der Waals surface area contributed by atoms with Crippen LogP contribution in [0.5, 0.6) is 0 Å². The predicted molar refractivity (Wildman–Crippen MR) is 97.9 cm³/mol. The molecule has 0 bridgehead atoms. The van der Waals surface area contributed by atoms with Crippen LogP contribution in [0.15, 0.2) is 44.7 Å². The lowest BCUT2D eigenvalue weighted by Gasteiger charge is -2.09. The molecular weight excluding hydrogens is 479 g/mol. The van der Waals surface area contributed by atoms with Crippen LogP contribution in [-0.4, -0.2) is 18.4 Å². The SMILES string of the molecule is Cc1ccc(S(=O)(=O)c2c(Br)cnc3[nH]c(C)c(I)c23)cc1. The number of aromatic nitrogens is 2. The van der Waals surface area contributed by atoms with E-state index in [4.69, 9.17) is 0 Å². The fourth-order valence-corrected chi connectivity index (χ4v) is 5.58. The van der Waals surface area contributed by atoms with E-state index in [0.29, 0.717) is 15.5 Å². The second-order valence-electron chi connectivity index (χ2n) is 5.04. The van der Waals surface area contributed by atoms with Gasteiger partial charge in [0.2, 0.25) is 9.84 Å². The van der Waals surface area contributed by atoms with Crippen LogP contribution in [0.25, 0.3) is 11.0 Å². The van der Waals surface area contributed by atoms with Gasteiger partial charge in [0.1, 0.15) is 5.65 Å². The molecule has 0 atom stereocenters. The number of fused-ring (bicyclic) bond motifs is 1. The minimum atomic E-state index is -3.63. The van der Waals surface area contributed by atoms with Crippen molar-refractivity contribution < 1.29 is 8.42 Å². The number of hydrogen-bond acceptors (Lipinski definition) is 3. The standard InChI is InChI=1S/C15H12BrIN2O2S/c1-8-3-5-10(6-4-8)22(20,21)14-11(16)7-18-15-12(14)13(17)9(2)19-15/h3-7H,1-2H3,(H,18,19). The first-order chi connectivity index (χ1) is 10.3. The molecule has 22 heavy (non-hydrogen) atoms. The highest BCUT2D eigenvalue weighted by Crippen LogP contribution is 2.36. The van der Waals surface area contributed by atoms with Gasteiger partial charge in [0.15, 0.2) is 0 Å². The first-order valence-corrected chi connectivity index (χ1v) is 9.82. The topological polar surface area (TPSA) is 62.8 Å². The second kappa shape index (κ2) is 5.61. The summed E-state index contributed by atoms with van der Waals surface area (Å²) < 4.78 is 27.5. The Morgan fingerprint density at radius 1 is 1.18 bits per heavy atom. The summed E-state index contributed by atoms with van der Waals surface area (Å²) in [5.74, 6) is 0. The molecule has 7 heteroatoms. The van der Waals surface area contributed by atoms with Crippen molar-refractivity contribution in [3.05, 3.63) is 49.8 Å². The van der Waals surface area contributed by atoms with Crippen LogP contribution in [0.3, 0.4) is 0 Å². The van der Waals surface area contributed by atoms with E-state index < -0.39 is 9.84 Å². The van der Waals surface area contributed by atoms with Crippen LogP contribution in [-0.2, 0) is 9.84 Å². The van der Waals surface area contributed by atoms with Crippen molar-refractivity contribution in [1.29, 1.82) is 0 Å². The average molecular weight is 491 g/mol. The largest absolute Gasteiger partial charge is 0.342 e. The fourth-order valence-electron chi connectivity index (χ4n) is 2.29. The zero-order chi connectivity index (χ0) is 16.1. The average Bonchev–Trinajstić information content (AvgIpc) is 2.75. The molecule has 114 valence electrons. The molecule has 2 heterocycles. The Balaban J connectivity index is 2.38. The second-order valence-corrected chi connectivity index (χ2v) is 8.86. The molecule has 4 nitrogen and oxygen atoms in total. The van der Waals surface area contributed by atoms with Crippen molar-refractivity contribution in [3.63, 3.8) is 0 Å². The van der Waals surface area contributed by atoms with Gasteiger partial charge in [-0.2, -0.15) is 0 Å². The molecule has 0 aliphatic carbocycles. The van der Waals surface area contributed by atoms with Gasteiger partial charge in [-0.15, -0.1) is 0 Å². The molecule has 0 amide bonds.